The fraction of sp³-hybridized carbons (Fsp3) is 0.190. The highest BCUT2D eigenvalue weighted by atomic mass is 19.1. The highest BCUT2D eigenvalue weighted by Crippen LogP contribution is 2.17. The predicted octanol–water partition coefficient (Wildman–Crippen LogP) is 2.91. The molecular formula is C21H19FN6O4. The smallest absolute Gasteiger partial charge is 0.321 e. The molecule has 1 N–H and O–H groups in total. The molecule has 0 atom stereocenters. The number of nitrogens with zero attached hydrogens (tertiary/aromatic N) is 5. The van der Waals surface area contributed by atoms with E-state index in [0.29, 0.717) is 43.1 Å². The molecule has 3 aromatic rings. The second kappa shape index (κ2) is 8.84. The van der Waals surface area contributed by atoms with E-state index in [1.807, 2.05) is 0 Å². The molecule has 1 aliphatic heterocycles. The summed E-state index contributed by atoms with van der Waals surface area (Å²) in [6.07, 6.45) is 3.01. The first-order valence-corrected chi connectivity index (χ1v) is 9.81. The maximum absolute atomic E-state index is 13.0. The number of hydrogen-bond acceptors (Lipinski definition) is 5. The Labute approximate surface area is 182 Å². The predicted molar refractivity (Wildman–Crippen MR) is 113 cm³/mol. The van der Waals surface area contributed by atoms with E-state index in [9.17, 15) is 24.1 Å². The quantitative estimate of drug-likeness (QED) is 0.497. The van der Waals surface area contributed by atoms with Crippen molar-refractivity contribution in [2.75, 3.05) is 31.5 Å². The van der Waals surface area contributed by atoms with Gasteiger partial charge >= 0.3 is 6.03 Å². The zero-order chi connectivity index (χ0) is 22.7. The molecule has 1 aliphatic rings. The van der Waals surface area contributed by atoms with Crippen LogP contribution in [0.3, 0.4) is 0 Å². The molecule has 4 rings (SSSR count). The largest absolute Gasteiger partial charge is 0.335 e. The lowest BCUT2D eigenvalue weighted by atomic mass is 10.2. The van der Waals surface area contributed by atoms with Crippen molar-refractivity contribution in [3.63, 3.8) is 0 Å². The highest BCUT2D eigenvalue weighted by Gasteiger charge is 2.25. The number of aromatic nitrogens is 2. The Morgan fingerprint density at radius 2 is 1.59 bits per heavy atom. The summed E-state index contributed by atoms with van der Waals surface area (Å²) in [5.41, 5.74) is 1.44. The minimum Gasteiger partial charge on any atom is -0.335 e. The van der Waals surface area contributed by atoms with Crippen LogP contribution in [0.15, 0.2) is 60.9 Å². The van der Waals surface area contributed by atoms with Gasteiger partial charge in [0.2, 0.25) is 0 Å². The van der Waals surface area contributed by atoms with E-state index in [1.165, 1.54) is 47.3 Å². The van der Waals surface area contributed by atoms with E-state index < -0.39 is 4.92 Å². The lowest BCUT2D eigenvalue weighted by Gasteiger charge is -2.34. The van der Waals surface area contributed by atoms with Crippen LogP contribution in [0.5, 0.6) is 0 Å². The maximum Gasteiger partial charge on any atom is 0.321 e. The van der Waals surface area contributed by atoms with Crippen molar-refractivity contribution in [3.05, 3.63) is 82.4 Å². The van der Waals surface area contributed by atoms with Crippen molar-refractivity contribution in [1.29, 1.82) is 0 Å². The zero-order valence-corrected chi connectivity index (χ0v) is 16.8. The van der Waals surface area contributed by atoms with E-state index >= 15 is 0 Å². The Morgan fingerprint density at radius 1 is 0.969 bits per heavy atom. The molecule has 0 radical (unpaired) electrons. The lowest BCUT2D eigenvalue weighted by molar-refractivity contribution is -0.384. The normalized spacial score (nSPS) is 13.7. The number of nitro benzene ring substituents is 1. The third kappa shape index (κ3) is 4.56. The summed E-state index contributed by atoms with van der Waals surface area (Å²) in [5, 5.41) is 17.7. The minimum atomic E-state index is -0.485. The molecule has 32 heavy (non-hydrogen) atoms. The van der Waals surface area contributed by atoms with Gasteiger partial charge in [-0.3, -0.25) is 14.9 Å². The molecule has 0 unspecified atom stereocenters. The van der Waals surface area contributed by atoms with Gasteiger partial charge in [0.1, 0.15) is 5.82 Å². The summed E-state index contributed by atoms with van der Waals surface area (Å²) >= 11 is 0. The van der Waals surface area contributed by atoms with Crippen LogP contribution < -0.4 is 5.32 Å². The SMILES string of the molecule is O=C(Nc1ccc(F)cc1)N1CCN(C(=O)c2cnn(-c3ccc([N+](=O)[O-])cc3)c2)CC1. The Bertz CT molecular complexity index is 1140. The molecule has 0 bridgehead atoms. The van der Waals surface area contributed by atoms with Crippen LogP contribution in [0.1, 0.15) is 10.4 Å². The van der Waals surface area contributed by atoms with Gasteiger partial charge in [0, 0.05) is 50.2 Å². The van der Waals surface area contributed by atoms with Gasteiger partial charge in [0.25, 0.3) is 11.6 Å². The second-order valence-electron chi connectivity index (χ2n) is 7.16. The number of hydrogen-bond donors (Lipinski definition) is 1. The van der Waals surface area contributed by atoms with Gasteiger partial charge in [-0.05, 0) is 36.4 Å². The molecule has 10 nitrogen and oxygen atoms in total. The first kappa shape index (κ1) is 21.0. The third-order valence-corrected chi connectivity index (χ3v) is 5.10. The van der Waals surface area contributed by atoms with E-state index in [-0.39, 0.29) is 23.4 Å². The maximum atomic E-state index is 13.0. The number of carbonyl (C=O) groups excluding carboxylic acids is 2. The monoisotopic (exact) mass is 438 g/mol. The molecule has 3 amide bonds. The molecule has 1 fully saturated rings. The van der Waals surface area contributed by atoms with Crippen LogP contribution in [-0.2, 0) is 0 Å². The lowest BCUT2D eigenvalue weighted by Crippen LogP contribution is -2.51. The third-order valence-electron chi connectivity index (χ3n) is 5.10. The van der Waals surface area contributed by atoms with Crippen LogP contribution >= 0.6 is 0 Å². The second-order valence-corrected chi connectivity index (χ2v) is 7.16. The summed E-state index contributed by atoms with van der Waals surface area (Å²) in [7, 11) is 0. The number of piperazine rings is 1. The number of nitrogens with one attached hydrogen (secondary N) is 1. The van der Waals surface area contributed by atoms with Gasteiger partial charge in [-0.25, -0.2) is 13.9 Å². The molecule has 0 aliphatic carbocycles. The number of halogens is 1. The van der Waals surface area contributed by atoms with Gasteiger partial charge in [-0.15, -0.1) is 0 Å². The molecule has 1 aromatic heterocycles. The van der Waals surface area contributed by atoms with Crippen molar-refractivity contribution in [3.8, 4) is 5.69 Å². The summed E-state index contributed by atoms with van der Waals surface area (Å²) in [5.74, 6) is -0.594. The van der Waals surface area contributed by atoms with E-state index in [2.05, 4.69) is 10.4 Å². The number of anilines is 1. The van der Waals surface area contributed by atoms with Crippen molar-refractivity contribution >= 4 is 23.3 Å². The number of non-ortho nitro benzene ring substituents is 1. The molecule has 2 heterocycles. The van der Waals surface area contributed by atoms with Crippen molar-refractivity contribution in [2.45, 2.75) is 0 Å². The van der Waals surface area contributed by atoms with Crippen LogP contribution in [-0.4, -0.2) is 62.6 Å². The minimum absolute atomic E-state index is 0.0291. The van der Waals surface area contributed by atoms with Gasteiger partial charge in [0.15, 0.2) is 0 Å². The number of urea groups is 1. The molecule has 164 valence electrons. The number of amides is 3. The van der Waals surface area contributed by atoms with Gasteiger partial charge < -0.3 is 15.1 Å². The van der Waals surface area contributed by atoms with Gasteiger partial charge in [-0.2, -0.15) is 5.10 Å². The van der Waals surface area contributed by atoms with E-state index in [0.717, 1.165) is 0 Å². The summed E-state index contributed by atoms with van der Waals surface area (Å²) in [6, 6.07) is 11.0. The molecule has 11 heteroatoms. The summed E-state index contributed by atoms with van der Waals surface area (Å²) in [6.45, 7) is 1.43. The number of benzene rings is 2. The average Bonchev–Trinajstić information content (AvgIpc) is 3.30. The Kier molecular flexibility index (Phi) is 5.79. The molecule has 2 aromatic carbocycles. The van der Waals surface area contributed by atoms with E-state index in [4.69, 9.17) is 0 Å². The van der Waals surface area contributed by atoms with Crippen molar-refractivity contribution < 1.29 is 18.9 Å². The van der Waals surface area contributed by atoms with E-state index in [1.54, 1.807) is 28.1 Å². The first-order chi connectivity index (χ1) is 15.4. The van der Waals surface area contributed by atoms with Crippen LogP contribution in [0.25, 0.3) is 5.69 Å². The van der Waals surface area contributed by atoms with Crippen LogP contribution in [0, 0.1) is 15.9 Å². The van der Waals surface area contributed by atoms with Crippen LogP contribution in [0.4, 0.5) is 20.6 Å². The molecule has 0 spiro atoms. The summed E-state index contributed by atoms with van der Waals surface area (Å²) in [4.78, 5) is 38.7. The topological polar surface area (TPSA) is 114 Å². The Balaban J connectivity index is 1.34. The van der Waals surface area contributed by atoms with Gasteiger partial charge in [0.05, 0.1) is 22.4 Å². The Morgan fingerprint density at radius 3 is 2.22 bits per heavy atom. The van der Waals surface area contributed by atoms with Crippen molar-refractivity contribution in [2.24, 2.45) is 0 Å². The molecular weight excluding hydrogens is 419 g/mol. The fourth-order valence-corrected chi connectivity index (χ4v) is 3.33. The number of nitro groups is 1. The first-order valence-electron chi connectivity index (χ1n) is 9.81. The number of rotatable bonds is 4. The number of carbonyl (C=O) groups is 2. The average molecular weight is 438 g/mol. The standard InChI is InChI=1S/C21H19FN6O4/c22-16-1-3-17(4-2-16)24-21(30)26-11-9-25(10-12-26)20(29)15-13-23-27(14-15)18-5-7-19(8-6-18)28(31)32/h1-8,13-14H,9-12H2,(H,24,30). The summed E-state index contributed by atoms with van der Waals surface area (Å²) < 4.78 is 14.5. The van der Waals surface area contributed by atoms with Crippen molar-refractivity contribution in [1.82, 2.24) is 19.6 Å². The van der Waals surface area contributed by atoms with Gasteiger partial charge in [-0.1, -0.05) is 0 Å². The van der Waals surface area contributed by atoms with Crippen LogP contribution in [0.2, 0.25) is 0 Å². The fourth-order valence-electron chi connectivity index (χ4n) is 3.33. The Hall–Kier alpha value is -4.28. The molecule has 0 saturated carbocycles. The molecule has 1 saturated heterocycles. The highest BCUT2D eigenvalue weighted by molar-refractivity contribution is 5.94. The zero-order valence-electron chi connectivity index (χ0n) is 16.8.